The molecule has 0 saturated heterocycles. The molecule has 0 aromatic heterocycles. The number of nitrogens with two attached hydrogens (primary N) is 1. The molecule has 18 heavy (non-hydrogen) atoms. The molecule has 0 heterocycles. The van der Waals surface area contributed by atoms with Crippen molar-refractivity contribution in [2.45, 2.75) is 52.7 Å². The number of allylic oxidation sites excluding steroid dienone is 1. The van der Waals surface area contributed by atoms with Crippen molar-refractivity contribution in [2.75, 3.05) is 0 Å². The molecule has 4 N–H and O–H groups in total. The monoisotopic (exact) mass is 256 g/mol. The summed E-state index contributed by atoms with van der Waals surface area (Å²) in [5.74, 6) is -0.942. The van der Waals surface area contributed by atoms with Crippen LogP contribution in [-0.2, 0) is 9.59 Å². The Morgan fingerprint density at radius 3 is 2.28 bits per heavy atom. The van der Waals surface area contributed by atoms with E-state index in [-0.39, 0.29) is 5.92 Å². The molecule has 0 saturated carbocycles. The van der Waals surface area contributed by atoms with Crippen LogP contribution < -0.4 is 11.1 Å². The maximum absolute atomic E-state index is 11.6. The van der Waals surface area contributed by atoms with Crippen molar-refractivity contribution in [3.8, 4) is 0 Å². The van der Waals surface area contributed by atoms with E-state index in [0.29, 0.717) is 12.8 Å². The van der Waals surface area contributed by atoms with Crippen LogP contribution in [0.4, 0.5) is 0 Å². The molecule has 0 unspecified atom stereocenters. The number of carbonyl (C=O) groups is 2. The smallest absolute Gasteiger partial charge is 0.249 e. The van der Waals surface area contributed by atoms with Crippen molar-refractivity contribution < 1.29 is 14.7 Å². The van der Waals surface area contributed by atoms with E-state index < -0.39 is 24.0 Å². The lowest BCUT2D eigenvalue weighted by Gasteiger charge is -2.18. The third kappa shape index (κ3) is 7.06. The van der Waals surface area contributed by atoms with Crippen LogP contribution in [0.2, 0.25) is 0 Å². The number of hydrogen-bond acceptors (Lipinski definition) is 3. The predicted molar refractivity (Wildman–Crippen MR) is 70.6 cm³/mol. The number of carbonyl (C=O) groups excluding carboxylic acids is 2. The number of rotatable bonds is 7. The number of primary amides is 1. The molecule has 0 aliphatic heterocycles. The van der Waals surface area contributed by atoms with Crippen LogP contribution >= 0.6 is 0 Å². The van der Waals surface area contributed by atoms with E-state index >= 15 is 0 Å². The predicted octanol–water partition coefficient (Wildman–Crippen LogP) is 0.720. The second-order valence-corrected chi connectivity index (χ2v) is 5.13. The maximum Gasteiger partial charge on any atom is 0.249 e. The van der Waals surface area contributed by atoms with Crippen molar-refractivity contribution >= 4 is 11.8 Å². The molecule has 0 spiro atoms. The number of nitrogens with one attached hydrogen (secondary N) is 1. The van der Waals surface area contributed by atoms with Crippen LogP contribution in [0, 0.1) is 5.92 Å². The van der Waals surface area contributed by atoms with E-state index in [1.165, 1.54) is 0 Å². The molecule has 5 heteroatoms. The van der Waals surface area contributed by atoms with Gasteiger partial charge in [0.25, 0.3) is 0 Å². The van der Waals surface area contributed by atoms with Crippen molar-refractivity contribution in [3.05, 3.63) is 11.6 Å². The summed E-state index contributed by atoms with van der Waals surface area (Å²) in [7, 11) is 0. The fourth-order valence-corrected chi connectivity index (χ4v) is 1.42. The Balaban J connectivity index is 4.45. The lowest BCUT2D eigenvalue weighted by atomic mass is 10.0. The quantitative estimate of drug-likeness (QED) is 0.586. The SMILES string of the molecule is CC(C)=CC[C@H](NC(=O)[C@H](O)CC(C)C)C(N)=O. The van der Waals surface area contributed by atoms with Crippen molar-refractivity contribution in [2.24, 2.45) is 11.7 Å². The zero-order valence-electron chi connectivity index (χ0n) is 11.6. The summed E-state index contributed by atoms with van der Waals surface area (Å²) in [5.41, 5.74) is 6.25. The highest BCUT2D eigenvalue weighted by Crippen LogP contribution is 2.05. The Morgan fingerprint density at radius 2 is 1.89 bits per heavy atom. The summed E-state index contributed by atoms with van der Waals surface area (Å²) in [6.07, 6.45) is 1.43. The van der Waals surface area contributed by atoms with Crippen LogP contribution in [0.15, 0.2) is 11.6 Å². The van der Waals surface area contributed by atoms with Crippen LogP contribution in [-0.4, -0.2) is 29.1 Å². The number of hydrogen-bond donors (Lipinski definition) is 3. The van der Waals surface area contributed by atoms with E-state index in [9.17, 15) is 14.7 Å². The number of aliphatic hydroxyl groups excluding tert-OH is 1. The fraction of sp³-hybridized carbons (Fsp3) is 0.692. The molecule has 0 aromatic carbocycles. The second kappa shape index (κ2) is 7.87. The van der Waals surface area contributed by atoms with Crippen LogP contribution in [0.5, 0.6) is 0 Å². The van der Waals surface area contributed by atoms with Gasteiger partial charge in [0.2, 0.25) is 11.8 Å². The standard InChI is InChI=1S/C13H24N2O3/c1-8(2)5-6-10(12(14)17)15-13(18)11(16)7-9(3)4/h5,9-11,16H,6-7H2,1-4H3,(H2,14,17)(H,15,18)/t10-,11+/m0/s1. The normalized spacial score (nSPS) is 13.9. The van der Waals surface area contributed by atoms with Gasteiger partial charge in [0.05, 0.1) is 0 Å². The molecule has 0 radical (unpaired) electrons. The third-order valence-corrected chi connectivity index (χ3v) is 2.42. The van der Waals surface area contributed by atoms with E-state index in [4.69, 9.17) is 5.73 Å². The lowest BCUT2D eigenvalue weighted by Crippen LogP contribution is -2.48. The zero-order chi connectivity index (χ0) is 14.3. The molecule has 0 rings (SSSR count). The van der Waals surface area contributed by atoms with Crippen molar-refractivity contribution in [1.82, 2.24) is 5.32 Å². The minimum atomic E-state index is -1.10. The molecule has 5 nitrogen and oxygen atoms in total. The van der Waals surface area contributed by atoms with Crippen molar-refractivity contribution in [3.63, 3.8) is 0 Å². The van der Waals surface area contributed by atoms with Gasteiger partial charge < -0.3 is 16.2 Å². The Labute approximate surface area is 108 Å². The van der Waals surface area contributed by atoms with E-state index in [0.717, 1.165) is 5.57 Å². The van der Waals surface area contributed by atoms with Gasteiger partial charge in [0.1, 0.15) is 12.1 Å². The van der Waals surface area contributed by atoms with E-state index in [1.54, 1.807) is 0 Å². The first kappa shape index (κ1) is 16.6. The van der Waals surface area contributed by atoms with Gasteiger partial charge in [-0.05, 0) is 32.6 Å². The van der Waals surface area contributed by atoms with Crippen LogP contribution in [0.25, 0.3) is 0 Å². The van der Waals surface area contributed by atoms with E-state index in [2.05, 4.69) is 5.32 Å². The topological polar surface area (TPSA) is 92.4 Å². The first-order valence-electron chi connectivity index (χ1n) is 6.15. The van der Waals surface area contributed by atoms with Crippen molar-refractivity contribution in [1.29, 1.82) is 0 Å². The van der Waals surface area contributed by atoms with Gasteiger partial charge in [-0.2, -0.15) is 0 Å². The summed E-state index contributed by atoms with van der Waals surface area (Å²) in [6.45, 7) is 7.61. The largest absolute Gasteiger partial charge is 0.383 e. The van der Waals surface area contributed by atoms with Gasteiger partial charge in [-0.15, -0.1) is 0 Å². The van der Waals surface area contributed by atoms with Crippen LogP contribution in [0.3, 0.4) is 0 Å². The van der Waals surface area contributed by atoms with Crippen LogP contribution in [0.1, 0.15) is 40.5 Å². The first-order chi connectivity index (χ1) is 8.23. The molecular formula is C13H24N2O3. The maximum atomic E-state index is 11.6. The summed E-state index contributed by atoms with van der Waals surface area (Å²) in [4.78, 5) is 22.8. The average molecular weight is 256 g/mol. The molecule has 2 atom stereocenters. The second-order valence-electron chi connectivity index (χ2n) is 5.13. The third-order valence-electron chi connectivity index (χ3n) is 2.42. The highest BCUT2D eigenvalue weighted by molar-refractivity contribution is 5.88. The summed E-state index contributed by atoms with van der Waals surface area (Å²) >= 11 is 0. The highest BCUT2D eigenvalue weighted by atomic mass is 16.3. The fourth-order valence-electron chi connectivity index (χ4n) is 1.42. The number of amides is 2. The summed E-state index contributed by atoms with van der Waals surface area (Å²) in [5, 5.41) is 12.1. The van der Waals surface area contributed by atoms with Gasteiger partial charge in [-0.25, -0.2) is 0 Å². The van der Waals surface area contributed by atoms with Gasteiger partial charge in [0, 0.05) is 0 Å². The summed E-state index contributed by atoms with van der Waals surface area (Å²) in [6, 6.07) is -0.769. The van der Waals surface area contributed by atoms with Gasteiger partial charge in [-0.3, -0.25) is 9.59 Å². The zero-order valence-corrected chi connectivity index (χ0v) is 11.6. The molecule has 0 bridgehead atoms. The van der Waals surface area contributed by atoms with E-state index in [1.807, 2.05) is 33.8 Å². The Hall–Kier alpha value is -1.36. The number of aliphatic hydroxyl groups is 1. The van der Waals surface area contributed by atoms with Gasteiger partial charge >= 0.3 is 0 Å². The molecule has 0 aliphatic carbocycles. The molecular weight excluding hydrogens is 232 g/mol. The minimum Gasteiger partial charge on any atom is -0.383 e. The average Bonchev–Trinajstić information content (AvgIpc) is 2.21. The summed E-state index contributed by atoms with van der Waals surface area (Å²) < 4.78 is 0. The molecule has 2 amide bonds. The highest BCUT2D eigenvalue weighted by Gasteiger charge is 2.22. The van der Waals surface area contributed by atoms with Gasteiger partial charge in [-0.1, -0.05) is 25.5 Å². The molecule has 104 valence electrons. The molecule has 0 aliphatic rings. The first-order valence-corrected chi connectivity index (χ1v) is 6.15. The Kier molecular flexibility index (Phi) is 7.27. The molecule has 0 aromatic rings. The Morgan fingerprint density at radius 1 is 1.33 bits per heavy atom. The van der Waals surface area contributed by atoms with Gasteiger partial charge in [0.15, 0.2) is 0 Å². The molecule has 0 fully saturated rings. The minimum absolute atomic E-state index is 0.204. The lowest BCUT2D eigenvalue weighted by molar-refractivity contribution is -0.133. The Bertz CT molecular complexity index is 320.